The van der Waals surface area contributed by atoms with Crippen LogP contribution in [0.2, 0.25) is 5.15 Å². The number of alkyl carbamates (subject to hydrolysis) is 1. The molecule has 2 amide bonds. The van der Waals surface area contributed by atoms with Crippen molar-refractivity contribution in [2.75, 3.05) is 20.3 Å². The average molecular weight is 659 g/mol. The maximum absolute atomic E-state index is 14.3. The number of benzene rings is 1. The molecule has 2 fully saturated rings. The Kier molecular flexibility index (Phi) is 11.4. The van der Waals surface area contributed by atoms with Crippen LogP contribution in [0.15, 0.2) is 30.9 Å². The average Bonchev–Trinajstić information content (AvgIpc) is 3.64. The third-order valence-electron chi connectivity index (χ3n) is 8.42. The van der Waals surface area contributed by atoms with Gasteiger partial charge in [0.05, 0.1) is 31.3 Å². The number of esters is 1. The van der Waals surface area contributed by atoms with E-state index >= 15 is 0 Å². The smallest absolute Gasteiger partial charge is 0.408 e. The molecule has 1 saturated carbocycles. The first-order valence-electron chi connectivity index (χ1n) is 16.0. The topological polar surface area (TPSA) is 129 Å². The predicted molar refractivity (Wildman–Crippen MR) is 175 cm³/mol. The summed E-state index contributed by atoms with van der Waals surface area (Å²) in [6.07, 6.45) is 4.06. The Morgan fingerprint density at radius 1 is 1.17 bits per heavy atom. The van der Waals surface area contributed by atoms with Crippen LogP contribution in [0, 0.1) is 23.2 Å². The number of rotatable bonds is 13. The zero-order valence-corrected chi connectivity index (χ0v) is 28.6. The third kappa shape index (κ3) is 8.60. The molecule has 0 radical (unpaired) electrons. The molecule has 2 aromatic rings. The second kappa shape index (κ2) is 14.9. The van der Waals surface area contributed by atoms with Crippen molar-refractivity contribution >= 4 is 40.6 Å². The van der Waals surface area contributed by atoms with Gasteiger partial charge in [0.15, 0.2) is 5.15 Å². The molecule has 1 aromatic heterocycles. The molecule has 0 unspecified atom stereocenters. The van der Waals surface area contributed by atoms with E-state index in [9.17, 15) is 14.4 Å². The van der Waals surface area contributed by atoms with Crippen molar-refractivity contribution in [3.63, 3.8) is 0 Å². The fourth-order valence-corrected chi connectivity index (χ4v) is 5.82. The molecule has 4 rings (SSSR count). The van der Waals surface area contributed by atoms with E-state index in [-0.39, 0.29) is 36.2 Å². The third-order valence-corrected chi connectivity index (χ3v) is 8.66. The molecule has 2 aliphatic rings. The van der Waals surface area contributed by atoms with Gasteiger partial charge in [-0.15, -0.1) is 6.58 Å². The standard InChI is InChI=1S/C34H47ClN4O7/c1-9-10-11-12-21-15-25(21)46-33(42)38-28(34(5,6)7)31(40)39-17-26(20(4)27(39)32(41)44-18-19(2)3)45-30-29(35)36-23-14-13-22(43-8)16-24(23)37-30/h9,13-14,16,19-21,25-28H,1,10-12,15,17-18H2,2-8H3,(H,38,42)/t20-,21-,25-,26+,27+,28-/m1/s1. The molecule has 2 heterocycles. The van der Waals surface area contributed by atoms with Crippen molar-refractivity contribution < 1.29 is 33.3 Å². The van der Waals surface area contributed by atoms with Gasteiger partial charge in [0.1, 0.15) is 30.0 Å². The lowest BCUT2D eigenvalue weighted by atomic mass is 9.85. The number of likely N-dealkylation sites (tertiary alicyclic amines) is 1. The van der Waals surface area contributed by atoms with E-state index < -0.39 is 47.5 Å². The Morgan fingerprint density at radius 3 is 2.57 bits per heavy atom. The molecule has 1 aliphatic heterocycles. The minimum atomic E-state index is -0.985. The van der Waals surface area contributed by atoms with Gasteiger partial charge in [-0.1, -0.05) is 59.2 Å². The Hall–Kier alpha value is -3.60. The number of ether oxygens (including phenoxy) is 4. The van der Waals surface area contributed by atoms with Gasteiger partial charge in [-0.2, -0.15) is 0 Å². The van der Waals surface area contributed by atoms with Gasteiger partial charge in [0, 0.05) is 12.0 Å². The van der Waals surface area contributed by atoms with Crippen LogP contribution in [0.5, 0.6) is 11.6 Å². The molecule has 1 N–H and O–H groups in total. The van der Waals surface area contributed by atoms with E-state index in [1.807, 2.05) is 47.6 Å². The van der Waals surface area contributed by atoms with Gasteiger partial charge in [0.2, 0.25) is 5.91 Å². The minimum absolute atomic E-state index is 0.0346. The lowest BCUT2D eigenvalue weighted by Crippen LogP contribution is -2.57. The van der Waals surface area contributed by atoms with Crippen LogP contribution in [0.1, 0.15) is 67.2 Å². The monoisotopic (exact) mass is 658 g/mol. The molecular weight excluding hydrogens is 612 g/mol. The first-order chi connectivity index (χ1) is 21.7. The molecule has 11 nitrogen and oxygen atoms in total. The first kappa shape index (κ1) is 35.3. The fourth-order valence-electron chi connectivity index (χ4n) is 5.65. The summed E-state index contributed by atoms with van der Waals surface area (Å²) in [6, 6.07) is 3.26. The van der Waals surface area contributed by atoms with E-state index in [0.29, 0.717) is 22.7 Å². The molecule has 1 saturated heterocycles. The van der Waals surface area contributed by atoms with Crippen LogP contribution in [-0.2, 0) is 19.1 Å². The molecule has 46 heavy (non-hydrogen) atoms. The minimum Gasteiger partial charge on any atom is -0.497 e. The van der Waals surface area contributed by atoms with Crippen LogP contribution < -0.4 is 14.8 Å². The molecular formula is C34H47ClN4O7. The molecule has 252 valence electrons. The van der Waals surface area contributed by atoms with Crippen LogP contribution in [-0.4, -0.2) is 77.4 Å². The van der Waals surface area contributed by atoms with Crippen molar-refractivity contribution in [3.8, 4) is 11.6 Å². The number of hydrogen-bond donors (Lipinski definition) is 1. The number of halogens is 1. The highest BCUT2D eigenvalue weighted by atomic mass is 35.5. The SMILES string of the molecule is C=CCCC[C@@H]1C[C@H]1OC(=O)N[C@H](C(=O)N1C[C@H](Oc2nc3cc(OC)ccc3nc2Cl)[C@@H](C)[C@H]1C(=O)OCC(C)C)C(C)(C)C. The molecule has 1 aliphatic carbocycles. The van der Waals surface area contributed by atoms with E-state index in [1.165, 1.54) is 4.90 Å². The van der Waals surface area contributed by atoms with Crippen molar-refractivity contribution in [2.24, 2.45) is 23.2 Å². The van der Waals surface area contributed by atoms with Crippen molar-refractivity contribution in [1.82, 2.24) is 20.2 Å². The molecule has 0 bridgehead atoms. The van der Waals surface area contributed by atoms with E-state index in [4.69, 9.17) is 30.5 Å². The van der Waals surface area contributed by atoms with Gasteiger partial charge < -0.3 is 29.2 Å². The summed E-state index contributed by atoms with van der Waals surface area (Å²) in [7, 11) is 1.56. The summed E-state index contributed by atoms with van der Waals surface area (Å²) in [4.78, 5) is 51.2. The Bertz CT molecular complexity index is 1430. The van der Waals surface area contributed by atoms with Gasteiger partial charge >= 0.3 is 12.1 Å². The van der Waals surface area contributed by atoms with Gasteiger partial charge in [-0.05, 0) is 55.1 Å². The summed E-state index contributed by atoms with van der Waals surface area (Å²) in [5, 5.41) is 2.85. The maximum atomic E-state index is 14.3. The summed E-state index contributed by atoms with van der Waals surface area (Å²) in [5.74, 6) is -0.398. The Balaban J connectivity index is 1.55. The summed E-state index contributed by atoms with van der Waals surface area (Å²) >= 11 is 6.48. The number of hydrogen-bond acceptors (Lipinski definition) is 9. The van der Waals surface area contributed by atoms with Crippen LogP contribution in [0.3, 0.4) is 0 Å². The Morgan fingerprint density at radius 2 is 1.91 bits per heavy atom. The van der Waals surface area contributed by atoms with Crippen molar-refractivity contribution in [3.05, 3.63) is 36.0 Å². The summed E-state index contributed by atoms with van der Waals surface area (Å²) < 4.78 is 22.9. The highest BCUT2D eigenvalue weighted by molar-refractivity contribution is 6.31. The summed E-state index contributed by atoms with van der Waals surface area (Å²) in [6.45, 7) is 15.2. The number of nitrogens with zero attached hydrogens (tertiary/aromatic N) is 3. The number of aromatic nitrogens is 2. The number of carbonyl (C=O) groups excluding carboxylic acids is 3. The van der Waals surface area contributed by atoms with E-state index in [0.717, 1.165) is 25.7 Å². The van der Waals surface area contributed by atoms with Gasteiger partial charge in [0.25, 0.3) is 5.88 Å². The number of methoxy groups -OCH3 is 1. The lowest BCUT2D eigenvalue weighted by molar-refractivity contribution is -0.156. The van der Waals surface area contributed by atoms with Crippen molar-refractivity contribution in [1.29, 1.82) is 0 Å². The van der Waals surface area contributed by atoms with E-state index in [1.54, 1.807) is 25.3 Å². The van der Waals surface area contributed by atoms with Gasteiger partial charge in [-0.3, -0.25) is 4.79 Å². The lowest BCUT2D eigenvalue weighted by Gasteiger charge is -2.35. The van der Waals surface area contributed by atoms with Gasteiger partial charge in [-0.25, -0.2) is 19.6 Å². The number of fused-ring (bicyclic) bond motifs is 1. The highest BCUT2D eigenvalue weighted by Crippen LogP contribution is 2.39. The first-order valence-corrected chi connectivity index (χ1v) is 16.3. The second-order valence-electron chi connectivity index (χ2n) is 13.8. The number of nitrogens with one attached hydrogen (secondary N) is 1. The zero-order chi connectivity index (χ0) is 33.8. The maximum Gasteiger partial charge on any atom is 0.408 e. The molecule has 6 atom stereocenters. The molecule has 1 aromatic carbocycles. The number of amides is 2. The zero-order valence-electron chi connectivity index (χ0n) is 27.9. The van der Waals surface area contributed by atoms with Crippen LogP contribution in [0.25, 0.3) is 11.0 Å². The number of unbranched alkanes of at least 4 members (excludes halogenated alkanes) is 1. The highest BCUT2D eigenvalue weighted by Gasteiger charge is 2.51. The quantitative estimate of drug-likeness (QED) is 0.157. The molecule has 0 spiro atoms. The van der Waals surface area contributed by atoms with Crippen LogP contribution >= 0.6 is 11.6 Å². The van der Waals surface area contributed by atoms with Crippen LogP contribution in [0.4, 0.5) is 4.79 Å². The Labute approximate surface area is 276 Å². The number of allylic oxidation sites excluding steroid dienone is 1. The van der Waals surface area contributed by atoms with E-state index in [2.05, 4.69) is 21.9 Å². The second-order valence-corrected chi connectivity index (χ2v) is 14.1. The largest absolute Gasteiger partial charge is 0.497 e. The fraction of sp³-hybridized carbons (Fsp3) is 0.618. The summed E-state index contributed by atoms with van der Waals surface area (Å²) in [5.41, 5.74) is 0.369. The normalized spacial score (nSPS) is 23.2. The van der Waals surface area contributed by atoms with Crippen molar-refractivity contribution in [2.45, 2.75) is 91.5 Å². The number of carbonyl (C=O) groups is 3. The predicted octanol–water partition coefficient (Wildman–Crippen LogP) is 5.97. The molecule has 12 heteroatoms.